The summed E-state index contributed by atoms with van der Waals surface area (Å²) in [7, 11) is 1.64. The van der Waals surface area contributed by atoms with Crippen LogP contribution in [0.25, 0.3) is 0 Å². The van der Waals surface area contributed by atoms with Gasteiger partial charge < -0.3 is 10.1 Å². The molecule has 24 heavy (non-hydrogen) atoms. The van der Waals surface area contributed by atoms with Gasteiger partial charge in [0.2, 0.25) is 0 Å². The summed E-state index contributed by atoms with van der Waals surface area (Å²) in [6.45, 7) is 1.39. The summed E-state index contributed by atoms with van der Waals surface area (Å²) < 4.78 is 5.39. The molecule has 0 radical (unpaired) electrons. The Labute approximate surface area is 139 Å². The average Bonchev–Trinajstić information content (AvgIpc) is 2.98. The Morgan fingerprint density at radius 1 is 1.33 bits per heavy atom. The Morgan fingerprint density at radius 2 is 2.12 bits per heavy atom. The second-order valence-corrected chi connectivity index (χ2v) is 5.81. The number of rotatable bonds is 5. The third kappa shape index (κ3) is 2.82. The number of carbonyl (C=O) groups excluding carboxylic acids is 1. The van der Waals surface area contributed by atoms with Gasteiger partial charge in [-0.3, -0.25) is 14.9 Å². The minimum absolute atomic E-state index is 0.0167. The molecule has 1 N–H and O–H groups in total. The van der Waals surface area contributed by atoms with E-state index in [-0.39, 0.29) is 17.5 Å². The monoisotopic (exact) mass is 326 g/mol. The number of anilines is 1. The number of hydrogen-bond donors (Lipinski definition) is 1. The molecule has 0 aliphatic heterocycles. The summed E-state index contributed by atoms with van der Waals surface area (Å²) in [6.07, 6.45) is 1.69. The molecular weight excluding hydrogens is 308 g/mol. The van der Waals surface area contributed by atoms with Gasteiger partial charge in [-0.25, -0.2) is 0 Å². The van der Waals surface area contributed by atoms with Crippen LogP contribution in [0, 0.1) is 10.1 Å². The second kappa shape index (κ2) is 6.31. The van der Waals surface area contributed by atoms with Gasteiger partial charge in [0.1, 0.15) is 11.4 Å². The van der Waals surface area contributed by atoms with Crippen molar-refractivity contribution in [3.05, 3.63) is 63.2 Å². The van der Waals surface area contributed by atoms with Crippen molar-refractivity contribution in [2.75, 3.05) is 12.4 Å². The van der Waals surface area contributed by atoms with Crippen molar-refractivity contribution < 1.29 is 14.5 Å². The van der Waals surface area contributed by atoms with Crippen molar-refractivity contribution in [3.8, 4) is 5.75 Å². The minimum atomic E-state index is -0.462. The van der Waals surface area contributed by atoms with E-state index in [9.17, 15) is 14.9 Å². The van der Waals surface area contributed by atoms with Crippen LogP contribution in [-0.4, -0.2) is 17.8 Å². The van der Waals surface area contributed by atoms with Gasteiger partial charge >= 0.3 is 0 Å². The summed E-state index contributed by atoms with van der Waals surface area (Å²) in [5, 5.41) is 14.6. The molecule has 6 heteroatoms. The van der Waals surface area contributed by atoms with Crippen molar-refractivity contribution in [3.63, 3.8) is 0 Å². The van der Waals surface area contributed by atoms with Gasteiger partial charge in [-0.05, 0) is 49.1 Å². The third-order valence-electron chi connectivity index (χ3n) is 4.38. The lowest BCUT2D eigenvalue weighted by Crippen LogP contribution is -2.09. The Balaban J connectivity index is 1.94. The van der Waals surface area contributed by atoms with Crippen LogP contribution in [0.3, 0.4) is 0 Å². The maximum Gasteiger partial charge on any atom is 0.293 e. The molecule has 0 heterocycles. The first kappa shape index (κ1) is 16.0. The van der Waals surface area contributed by atoms with Crippen LogP contribution in [0.4, 0.5) is 11.4 Å². The Kier molecular flexibility index (Phi) is 4.20. The molecule has 2 aromatic carbocycles. The number of benzene rings is 2. The molecule has 1 atom stereocenters. The van der Waals surface area contributed by atoms with E-state index in [1.807, 2.05) is 18.2 Å². The van der Waals surface area contributed by atoms with Crippen molar-refractivity contribution in [2.24, 2.45) is 0 Å². The fourth-order valence-corrected chi connectivity index (χ4v) is 3.17. The summed E-state index contributed by atoms with van der Waals surface area (Å²) >= 11 is 0. The molecule has 1 unspecified atom stereocenters. The van der Waals surface area contributed by atoms with Crippen molar-refractivity contribution in [1.29, 1.82) is 0 Å². The maximum absolute atomic E-state index is 11.5. The third-order valence-corrected chi connectivity index (χ3v) is 4.38. The number of hydrogen-bond acceptors (Lipinski definition) is 5. The highest BCUT2D eigenvalue weighted by Crippen LogP contribution is 2.40. The largest absolute Gasteiger partial charge is 0.496 e. The van der Waals surface area contributed by atoms with E-state index in [0.29, 0.717) is 11.3 Å². The van der Waals surface area contributed by atoms with Crippen molar-refractivity contribution in [1.82, 2.24) is 0 Å². The lowest BCUT2D eigenvalue weighted by Gasteiger charge is -2.16. The fourth-order valence-electron chi connectivity index (χ4n) is 3.17. The number of methoxy groups -OCH3 is 1. The van der Waals surface area contributed by atoms with E-state index < -0.39 is 4.92 Å². The molecule has 0 saturated heterocycles. The lowest BCUT2D eigenvalue weighted by atomic mass is 10.1. The van der Waals surface area contributed by atoms with Gasteiger partial charge in [0.05, 0.1) is 18.1 Å². The van der Waals surface area contributed by atoms with Gasteiger partial charge in [0.15, 0.2) is 5.78 Å². The molecule has 1 aliphatic carbocycles. The standard InChI is InChI=1S/C18H18N2O4/c1-11(21)12-6-8-16(17(10-12)20(22)23)19-15-9-7-14-13(15)4-3-5-18(14)24-2/h3-6,8,10,15,19H,7,9H2,1-2H3. The molecule has 0 spiro atoms. The number of nitrogens with zero attached hydrogens (tertiary/aromatic N) is 1. The first-order valence-electron chi connectivity index (χ1n) is 7.73. The number of nitrogens with one attached hydrogen (secondary N) is 1. The summed E-state index contributed by atoms with van der Waals surface area (Å²) in [5.41, 5.74) is 2.91. The number of nitro benzene ring substituents is 1. The summed E-state index contributed by atoms with van der Waals surface area (Å²) in [5.74, 6) is 0.652. The molecule has 3 rings (SSSR count). The van der Waals surface area contributed by atoms with Crippen LogP contribution < -0.4 is 10.1 Å². The van der Waals surface area contributed by atoms with E-state index in [2.05, 4.69) is 5.32 Å². The molecule has 0 amide bonds. The highest BCUT2D eigenvalue weighted by atomic mass is 16.6. The number of nitro groups is 1. The van der Waals surface area contributed by atoms with Crippen molar-refractivity contribution in [2.45, 2.75) is 25.8 Å². The lowest BCUT2D eigenvalue weighted by molar-refractivity contribution is -0.384. The van der Waals surface area contributed by atoms with Crippen LogP contribution in [0.15, 0.2) is 36.4 Å². The molecule has 0 saturated carbocycles. The average molecular weight is 326 g/mol. The SMILES string of the molecule is COc1cccc2c1CCC2Nc1ccc(C(C)=O)cc1[N+](=O)[O-]. The van der Waals surface area contributed by atoms with Crippen molar-refractivity contribution >= 4 is 17.2 Å². The van der Waals surface area contributed by atoms with Gasteiger partial charge in [0.25, 0.3) is 5.69 Å². The van der Waals surface area contributed by atoms with Crippen LogP contribution in [0.2, 0.25) is 0 Å². The van der Waals surface area contributed by atoms with E-state index in [4.69, 9.17) is 4.74 Å². The summed E-state index contributed by atoms with van der Waals surface area (Å²) in [6, 6.07) is 10.4. The van der Waals surface area contributed by atoms with E-state index in [0.717, 1.165) is 29.7 Å². The molecule has 0 fully saturated rings. The first-order valence-corrected chi connectivity index (χ1v) is 7.73. The second-order valence-electron chi connectivity index (χ2n) is 5.81. The Morgan fingerprint density at radius 3 is 2.79 bits per heavy atom. The molecule has 0 aromatic heterocycles. The number of Topliss-reactive ketones (excluding diaryl/α,β-unsaturated/α-hetero) is 1. The normalized spacial score (nSPS) is 15.7. The number of ether oxygens (including phenoxy) is 1. The topological polar surface area (TPSA) is 81.5 Å². The zero-order chi connectivity index (χ0) is 17.3. The predicted octanol–water partition coefficient (Wildman–Crippen LogP) is 3.91. The smallest absolute Gasteiger partial charge is 0.293 e. The molecular formula is C18H18N2O4. The molecule has 6 nitrogen and oxygen atoms in total. The number of carbonyl (C=O) groups is 1. The highest BCUT2D eigenvalue weighted by molar-refractivity contribution is 5.95. The van der Waals surface area contributed by atoms with E-state index in [1.54, 1.807) is 19.2 Å². The van der Waals surface area contributed by atoms with Crippen LogP contribution >= 0.6 is 0 Å². The number of fused-ring (bicyclic) bond motifs is 1. The zero-order valence-corrected chi connectivity index (χ0v) is 13.5. The molecule has 0 bridgehead atoms. The van der Waals surface area contributed by atoms with E-state index in [1.165, 1.54) is 13.0 Å². The van der Waals surface area contributed by atoms with Crippen LogP contribution in [0.1, 0.15) is 40.9 Å². The zero-order valence-electron chi connectivity index (χ0n) is 13.5. The maximum atomic E-state index is 11.5. The van der Waals surface area contributed by atoms with Gasteiger partial charge in [-0.15, -0.1) is 0 Å². The van der Waals surface area contributed by atoms with Crippen LogP contribution in [0.5, 0.6) is 5.75 Å². The minimum Gasteiger partial charge on any atom is -0.496 e. The molecule has 2 aromatic rings. The van der Waals surface area contributed by atoms with Gasteiger partial charge in [-0.1, -0.05) is 12.1 Å². The highest BCUT2D eigenvalue weighted by Gasteiger charge is 2.27. The van der Waals surface area contributed by atoms with E-state index >= 15 is 0 Å². The molecule has 1 aliphatic rings. The first-order chi connectivity index (χ1) is 11.5. The Bertz CT molecular complexity index is 817. The van der Waals surface area contributed by atoms with Gasteiger partial charge in [0, 0.05) is 11.6 Å². The number of ketones is 1. The quantitative estimate of drug-likeness (QED) is 0.512. The Hall–Kier alpha value is -2.89. The van der Waals surface area contributed by atoms with Crippen LogP contribution in [-0.2, 0) is 6.42 Å². The fraction of sp³-hybridized carbons (Fsp3) is 0.278. The summed E-state index contributed by atoms with van der Waals surface area (Å²) in [4.78, 5) is 22.3. The predicted molar refractivity (Wildman–Crippen MR) is 90.8 cm³/mol. The van der Waals surface area contributed by atoms with Gasteiger partial charge in [-0.2, -0.15) is 0 Å². The molecule has 124 valence electrons.